The molecule has 4 aromatic rings. The summed E-state index contributed by atoms with van der Waals surface area (Å²) in [7, 11) is -3.87. The van der Waals surface area contributed by atoms with Gasteiger partial charge >= 0.3 is 0 Å². The van der Waals surface area contributed by atoms with E-state index in [0.29, 0.717) is 16.3 Å². The van der Waals surface area contributed by atoms with Crippen LogP contribution < -0.4 is 9.62 Å². The normalized spacial score (nSPS) is 12.1. The monoisotopic (exact) mass is 532 g/mol. The maximum Gasteiger partial charge on any atom is 0.264 e. The SMILES string of the molecule is Cc1ccc([C@H](C)NC(=O)c2ccc(CN(c3cc(Cl)ccc3C)S(=O)(=O)c3ccccc3)cc2)cc1. The van der Waals surface area contributed by atoms with Gasteiger partial charge in [0.05, 0.1) is 23.2 Å². The van der Waals surface area contributed by atoms with E-state index in [1.54, 1.807) is 72.8 Å². The molecule has 0 spiro atoms. The molecule has 37 heavy (non-hydrogen) atoms. The zero-order valence-corrected chi connectivity index (χ0v) is 22.6. The molecule has 7 heteroatoms. The van der Waals surface area contributed by atoms with Gasteiger partial charge in [0.1, 0.15) is 0 Å². The number of nitrogens with zero attached hydrogens (tertiary/aromatic N) is 1. The molecule has 4 rings (SSSR count). The number of sulfonamides is 1. The summed E-state index contributed by atoms with van der Waals surface area (Å²) in [5, 5.41) is 3.47. The zero-order chi connectivity index (χ0) is 26.6. The average Bonchev–Trinajstić information content (AvgIpc) is 2.90. The number of benzene rings is 4. The van der Waals surface area contributed by atoms with Crippen LogP contribution in [0.5, 0.6) is 0 Å². The van der Waals surface area contributed by atoms with E-state index in [-0.39, 0.29) is 23.4 Å². The van der Waals surface area contributed by atoms with Gasteiger partial charge in [-0.15, -0.1) is 0 Å². The number of aryl methyl sites for hydroxylation is 2. The van der Waals surface area contributed by atoms with Crippen LogP contribution in [0.15, 0.2) is 102 Å². The van der Waals surface area contributed by atoms with Gasteiger partial charge in [0, 0.05) is 10.6 Å². The van der Waals surface area contributed by atoms with Gasteiger partial charge in [0.25, 0.3) is 15.9 Å². The molecule has 4 aromatic carbocycles. The number of hydrogen-bond acceptors (Lipinski definition) is 3. The first-order chi connectivity index (χ1) is 17.6. The first kappa shape index (κ1) is 26.5. The van der Waals surface area contributed by atoms with E-state index in [2.05, 4.69) is 5.32 Å². The predicted molar refractivity (Wildman–Crippen MR) is 150 cm³/mol. The van der Waals surface area contributed by atoms with Crippen molar-refractivity contribution in [3.8, 4) is 0 Å². The van der Waals surface area contributed by atoms with E-state index >= 15 is 0 Å². The van der Waals surface area contributed by atoms with Gasteiger partial charge in [-0.25, -0.2) is 8.42 Å². The molecule has 0 unspecified atom stereocenters. The summed E-state index contributed by atoms with van der Waals surface area (Å²) in [5.74, 6) is -0.195. The molecule has 0 radical (unpaired) electrons. The molecule has 0 aliphatic heterocycles. The summed E-state index contributed by atoms with van der Waals surface area (Å²) in [5.41, 5.74) is 4.71. The number of carbonyl (C=O) groups is 1. The third-order valence-electron chi connectivity index (χ3n) is 6.24. The summed E-state index contributed by atoms with van der Waals surface area (Å²) in [6.07, 6.45) is 0. The lowest BCUT2D eigenvalue weighted by Crippen LogP contribution is -2.31. The fourth-order valence-corrected chi connectivity index (χ4v) is 5.71. The Labute approximate surface area is 223 Å². The van der Waals surface area contributed by atoms with Crippen molar-refractivity contribution in [2.75, 3.05) is 4.31 Å². The molecular weight excluding hydrogens is 504 g/mol. The van der Waals surface area contributed by atoms with Crippen molar-refractivity contribution in [2.24, 2.45) is 0 Å². The molecule has 1 N–H and O–H groups in total. The van der Waals surface area contributed by atoms with Crippen molar-refractivity contribution >= 4 is 33.2 Å². The lowest BCUT2D eigenvalue weighted by molar-refractivity contribution is 0.0940. The Morgan fingerprint density at radius 2 is 1.54 bits per heavy atom. The van der Waals surface area contributed by atoms with E-state index in [9.17, 15) is 13.2 Å². The first-order valence-corrected chi connectivity index (χ1v) is 13.8. The molecule has 0 bridgehead atoms. The molecule has 5 nitrogen and oxygen atoms in total. The molecule has 0 fully saturated rings. The Hall–Kier alpha value is -3.61. The number of amides is 1. The highest BCUT2D eigenvalue weighted by molar-refractivity contribution is 7.92. The zero-order valence-electron chi connectivity index (χ0n) is 21.0. The van der Waals surface area contributed by atoms with Crippen LogP contribution in [0.25, 0.3) is 0 Å². The summed E-state index contributed by atoms with van der Waals surface area (Å²) in [4.78, 5) is 13.0. The predicted octanol–water partition coefficient (Wildman–Crippen LogP) is 6.84. The smallest absolute Gasteiger partial charge is 0.264 e. The summed E-state index contributed by atoms with van der Waals surface area (Å²) >= 11 is 6.24. The standard InChI is InChI=1S/C30H29ClN2O3S/c1-21-9-14-25(15-10-21)23(3)32-30(34)26-16-12-24(13-17-26)20-33(29-19-27(31)18-11-22(29)2)37(35,36)28-7-5-4-6-8-28/h4-19,23H,20H2,1-3H3,(H,32,34)/t23-/m0/s1. The van der Waals surface area contributed by atoms with Crippen molar-refractivity contribution in [1.29, 1.82) is 0 Å². The fraction of sp³-hybridized carbons (Fsp3) is 0.167. The molecular formula is C30H29ClN2O3S. The van der Waals surface area contributed by atoms with E-state index in [0.717, 1.165) is 22.3 Å². The summed E-state index contributed by atoms with van der Waals surface area (Å²) in [6, 6.07) is 28.4. The minimum absolute atomic E-state index is 0.0834. The van der Waals surface area contributed by atoms with Crippen LogP contribution >= 0.6 is 11.6 Å². The Kier molecular flexibility index (Phi) is 8.00. The molecule has 0 saturated carbocycles. The van der Waals surface area contributed by atoms with Crippen molar-refractivity contribution in [3.05, 3.63) is 130 Å². The number of rotatable bonds is 8. The number of carbonyl (C=O) groups excluding carboxylic acids is 1. The maximum atomic E-state index is 13.7. The molecule has 1 atom stereocenters. The van der Waals surface area contributed by atoms with E-state index in [1.165, 1.54) is 4.31 Å². The fourth-order valence-electron chi connectivity index (χ4n) is 4.02. The highest BCUT2D eigenvalue weighted by Gasteiger charge is 2.26. The second-order valence-corrected chi connectivity index (χ2v) is 11.4. The lowest BCUT2D eigenvalue weighted by Gasteiger charge is -2.26. The Morgan fingerprint density at radius 3 is 2.19 bits per heavy atom. The van der Waals surface area contributed by atoms with Gasteiger partial charge in [0.15, 0.2) is 0 Å². The largest absolute Gasteiger partial charge is 0.346 e. The third kappa shape index (κ3) is 6.21. The number of hydrogen-bond donors (Lipinski definition) is 1. The highest BCUT2D eigenvalue weighted by Crippen LogP contribution is 2.31. The molecule has 0 aliphatic rings. The van der Waals surface area contributed by atoms with Crippen molar-refractivity contribution in [1.82, 2.24) is 5.32 Å². The Morgan fingerprint density at radius 1 is 0.892 bits per heavy atom. The lowest BCUT2D eigenvalue weighted by atomic mass is 10.1. The van der Waals surface area contributed by atoms with Gasteiger partial charge in [-0.05, 0) is 73.9 Å². The van der Waals surface area contributed by atoms with E-state index < -0.39 is 10.0 Å². The molecule has 0 aliphatic carbocycles. The Balaban J connectivity index is 1.58. The van der Waals surface area contributed by atoms with Crippen LogP contribution in [0, 0.1) is 13.8 Å². The first-order valence-electron chi connectivity index (χ1n) is 12.0. The van der Waals surface area contributed by atoms with Crippen molar-refractivity contribution in [2.45, 2.75) is 38.3 Å². The number of halogens is 1. The van der Waals surface area contributed by atoms with Gasteiger partial charge in [-0.2, -0.15) is 0 Å². The molecule has 0 heterocycles. The number of anilines is 1. The average molecular weight is 533 g/mol. The minimum Gasteiger partial charge on any atom is -0.346 e. The highest BCUT2D eigenvalue weighted by atomic mass is 35.5. The minimum atomic E-state index is -3.87. The topological polar surface area (TPSA) is 66.5 Å². The quantitative estimate of drug-likeness (QED) is 0.270. The van der Waals surface area contributed by atoms with Crippen LogP contribution in [-0.2, 0) is 16.6 Å². The molecule has 0 aromatic heterocycles. The van der Waals surface area contributed by atoms with Gasteiger partial charge in [0.2, 0.25) is 0 Å². The second-order valence-electron chi connectivity index (χ2n) is 9.06. The van der Waals surface area contributed by atoms with Gasteiger partial charge < -0.3 is 5.32 Å². The maximum absolute atomic E-state index is 13.7. The summed E-state index contributed by atoms with van der Waals surface area (Å²) < 4.78 is 28.7. The van der Waals surface area contributed by atoms with E-state index in [4.69, 9.17) is 11.6 Å². The molecule has 0 saturated heterocycles. The van der Waals surface area contributed by atoms with E-state index in [1.807, 2.05) is 45.0 Å². The second kappa shape index (κ2) is 11.2. The molecule has 190 valence electrons. The van der Waals surface area contributed by atoms with Crippen LogP contribution in [-0.4, -0.2) is 14.3 Å². The van der Waals surface area contributed by atoms with Crippen molar-refractivity contribution in [3.63, 3.8) is 0 Å². The third-order valence-corrected chi connectivity index (χ3v) is 8.25. The van der Waals surface area contributed by atoms with Crippen LogP contribution in [0.1, 0.15) is 45.6 Å². The Bertz CT molecular complexity index is 1490. The number of nitrogens with one attached hydrogen (secondary N) is 1. The van der Waals surface area contributed by atoms with Crippen LogP contribution in [0.3, 0.4) is 0 Å². The molecule has 1 amide bonds. The van der Waals surface area contributed by atoms with Crippen molar-refractivity contribution < 1.29 is 13.2 Å². The van der Waals surface area contributed by atoms with Gasteiger partial charge in [-0.3, -0.25) is 9.10 Å². The van der Waals surface area contributed by atoms with Crippen LogP contribution in [0.4, 0.5) is 5.69 Å². The van der Waals surface area contributed by atoms with Crippen LogP contribution in [0.2, 0.25) is 5.02 Å². The van der Waals surface area contributed by atoms with Gasteiger partial charge in [-0.1, -0.05) is 77.8 Å². The summed E-state index contributed by atoms with van der Waals surface area (Å²) in [6.45, 7) is 5.90.